The summed E-state index contributed by atoms with van der Waals surface area (Å²) in [7, 11) is 0. The highest BCUT2D eigenvalue weighted by atomic mass is 35.5. The Hall–Kier alpha value is -2.70. The molecule has 148 valence electrons. The van der Waals surface area contributed by atoms with E-state index in [1.54, 1.807) is 24.3 Å². The highest BCUT2D eigenvalue weighted by Gasteiger charge is 2.13. The van der Waals surface area contributed by atoms with Gasteiger partial charge in [-0.15, -0.1) is 12.4 Å². The number of nitrogens with zero attached hydrogens (tertiary/aromatic N) is 2. The number of carbonyl (C=O) groups excluding carboxylic acids is 2. The molecule has 2 aromatic carbocycles. The van der Waals surface area contributed by atoms with Gasteiger partial charge < -0.3 is 4.74 Å². The monoisotopic (exact) mass is 401 g/mol. The van der Waals surface area contributed by atoms with Crippen molar-refractivity contribution < 1.29 is 14.3 Å². The van der Waals surface area contributed by atoms with Crippen LogP contribution in [0.1, 0.15) is 29.6 Å². The molecule has 0 radical (unpaired) electrons. The maximum Gasteiger partial charge on any atom is 0.254 e. The van der Waals surface area contributed by atoms with Crippen LogP contribution in [0.15, 0.2) is 59.7 Å². The van der Waals surface area contributed by atoms with Gasteiger partial charge in [-0.3, -0.25) is 14.5 Å². The smallest absolute Gasteiger partial charge is 0.254 e. The number of hydrazone groups is 1. The molecule has 0 unspecified atom stereocenters. The van der Waals surface area contributed by atoms with E-state index in [9.17, 15) is 9.59 Å². The number of likely N-dealkylation sites (tertiary alicyclic amines) is 1. The molecule has 0 aromatic heterocycles. The molecule has 1 aliphatic rings. The Kier molecular flexibility index (Phi) is 8.65. The number of para-hydroxylation sites is 1. The van der Waals surface area contributed by atoms with E-state index in [1.807, 2.05) is 30.3 Å². The van der Waals surface area contributed by atoms with Crippen LogP contribution in [0, 0.1) is 0 Å². The minimum atomic E-state index is -0.278. The minimum absolute atomic E-state index is 0. The maximum absolute atomic E-state index is 12.1. The van der Waals surface area contributed by atoms with Crippen molar-refractivity contribution in [3.8, 4) is 11.5 Å². The summed E-state index contributed by atoms with van der Waals surface area (Å²) in [5.74, 6) is 0.895. The molecule has 0 spiro atoms. The molecule has 1 heterocycles. The molecule has 1 saturated heterocycles. The number of piperidine rings is 1. The molecule has 7 heteroatoms. The van der Waals surface area contributed by atoms with Gasteiger partial charge in [0.2, 0.25) is 5.78 Å². The zero-order valence-electron chi connectivity index (χ0n) is 15.5. The van der Waals surface area contributed by atoms with Crippen molar-refractivity contribution in [1.82, 2.24) is 10.3 Å². The molecule has 1 aliphatic heterocycles. The lowest BCUT2D eigenvalue weighted by molar-refractivity contribution is -0.122. The number of benzene rings is 2. The number of amides is 1. The average Bonchev–Trinajstić information content (AvgIpc) is 2.70. The topological polar surface area (TPSA) is 71.0 Å². The molecule has 3 rings (SSSR count). The predicted molar refractivity (Wildman–Crippen MR) is 111 cm³/mol. The van der Waals surface area contributed by atoms with Crippen LogP contribution in [0.25, 0.3) is 0 Å². The number of carbonyl (C=O) groups is 2. The van der Waals surface area contributed by atoms with Gasteiger partial charge in [-0.2, -0.15) is 5.10 Å². The number of hydrogen-bond acceptors (Lipinski definition) is 5. The molecule has 0 saturated carbocycles. The fraction of sp³-hybridized carbons (Fsp3) is 0.286. The summed E-state index contributed by atoms with van der Waals surface area (Å²) >= 11 is 0. The first kappa shape index (κ1) is 21.6. The summed E-state index contributed by atoms with van der Waals surface area (Å²) in [6.07, 6.45) is 4.60. The molecule has 28 heavy (non-hydrogen) atoms. The Balaban J connectivity index is 0.00000280. The molecule has 0 bridgehead atoms. The van der Waals surface area contributed by atoms with Crippen LogP contribution in [0.4, 0.5) is 0 Å². The first-order valence-corrected chi connectivity index (χ1v) is 9.12. The number of ketones is 1. The van der Waals surface area contributed by atoms with Gasteiger partial charge in [0, 0.05) is 5.56 Å². The van der Waals surface area contributed by atoms with Gasteiger partial charge in [0.15, 0.2) is 0 Å². The number of nitrogens with one attached hydrogen (secondary N) is 1. The van der Waals surface area contributed by atoms with Gasteiger partial charge in [-0.05, 0) is 62.3 Å². The van der Waals surface area contributed by atoms with Gasteiger partial charge in [-0.1, -0.05) is 24.6 Å². The normalized spacial score (nSPS) is 14.3. The van der Waals surface area contributed by atoms with Crippen LogP contribution in [0.3, 0.4) is 0 Å². The van der Waals surface area contributed by atoms with E-state index >= 15 is 0 Å². The summed E-state index contributed by atoms with van der Waals surface area (Å²) in [5, 5.41) is 3.77. The number of ether oxygens (including phenoxy) is 1. The van der Waals surface area contributed by atoms with Crippen LogP contribution in [-0.2, 0) is 4.79 Å². The molecule has 0 atom stereocenters. The van der Waals surface area contributed by atoms with Crippen molar-refractivity contribution in [2.75, 3.05) is 19.6 Å². The van der Waals surface area contributed by atoms with Crippen LogP contribution < -0.4 is 10.2 Å². The van der Waals surface area contributed by atoms with Gasteiger partial charge in [0.25, 0.3) is 5.91 Å². The predicted octanol–water partition coefficient (Wildman–Crippen LogP) is 3.67. The third-order valence-electron chi connectivity index (χ3n) is 4.30. The second-order valence-electron chi connectivity index (χ2n) is 6.43. The van der Waals surface area contributed by atoms with Gasteiger partial charge in [0.05, 0.1) is 12.8 Å². The average molecular weight is 402 g/mol. The van der Waals surface area contributed by atoms with E-state index in [2.05, 4.69) is 15.4 Å². The Morgan fingerprint density at radius 2 is 1.61 bits per heavy atom. The van der Waals surface area contributed by atoms with Crippen molar-refractivity contribution in [2.24, 2.45) is 5.10 Å². The molecule has 2 aromatic rings. The van der Waals surface area contributed by atoms with Crippen molar-refractivity contribution >= 4 is 30.3 Å². The fourth-order valence-corrected chi connectivity index (χ4v) is 2.91. The first-order chi connectivity index (χ1) is 13.2. The molecule has 1 fully saturated rings. The maximum atomic E-state index is 12.1. The summed E-state index contributed by atoms with van der Waals surface area (Å²) in [6.45, 7) is 2.19. The standard InChI is InChI=1S/C21H23N3O3.ClH/c25-20(15-22-23-21(26)16-24-13-5-2-6-14-24)17-9-11-19(12-10-17)27-18-7-3-1-4-8-18;/h1,3-4,7-12,15H,2,5-6,13-14,16H2,(H,23,26);1H/b22-15+;. The number of halogens is 1. The SMILES string of the molecule is Cl.O=C(CN1CCCCC1)N/N=C/C(=O)c1ccc(Oc2ccccc2)cc1. The van der Waals surface area contributed by atoms with Crippen LogP contribution in [0.5, 0.6) is 11.5 Å². The largest absolute Gasteiger partial charge is 0.457 e. The number of rotatable bonds is 7. The highest BCUT2D eigenvalue weighted by molar-refractivity contribution is 6.35. The van der Waals surface area contributed by atoms with Crippen molar-refractivity contribution in [3.63, 3.8) is 0 Å². The Labute approximate surface area is 171 Å². The van der Waals surface area contributed by atoms with E-state index < -0.39 is 0 Å². The zero-order valence-corrected chi connectivity index (χ0v) is 16.4. The quantitative estimate of drug-likeness (QED) is 0.436. The summed E-state index contributed by atoms with van der Waals surface area (Å²) in [4.78, 5) is 26.1. The molecule has 1 N–H and O–H groups in total. The number of Topliss-reactive ketones (excluding diaryl/α,β-unsaturated/α-hetero) is 1. The van der Waals surface area contributed by atoms with E-state index in [4.69, 9.17) is 4.74 Å². The second-order valence-corrected chi connectivity index (χ2v) is 6.43. The van der Waals surface area contributed by atoms with E-state index in [0.29, 0.717) is 17.9 Å². The molecule has 0 aliphatic carbocycles. The molecule has 6 nitrogen and oxygen atoms in total. The molecular weight excluding hydrogens is 378 g/mol. The van der Waals surface area contributed by atoms with Crippen molar-refractivity contribution in [1.29, 1.82) is 0 Å². The lowest BCUT2D eigenvalue weighted by Crippen LogP contribution is -2.38. The van der Waals surface area contributed by atoms with Crippen molar-refractivity contribution in [2.45, 2.75) is 19.3 Å². The lowest BCUT2D eigenvalue weighted by atomic mass is 10.1. The third-order valence-corrected chi connectivity index (χ3v) is 4.30. The Bertz CT molecular complexity index is 788. The molecule has 1 amide bonds. The van der Waals surface area contributed by atoms with E-state index in [0.717, 1.165) is 37.9 Å². The highest BCUT2D eigenvalue weighted by Crippen LogP contribution is 2.21. The second kappa shape index (κ2) is 11.2. The minimum Gasteiger partial charge on any atom is -0.457 e. The number of hydrogen-bond donors (Lipinski definition) is 1. The Morgan fingerprint density at radius 3 is 2.29 bits per heavy atom. The molecular formula is C21H24ClN3O3. The lowest BCUT2D eigenvalue weighted by Gasteiger charge is -2.25. The zero-order chi connectivity index (χ0) is 18.9. The summed E-state index contributed by atoms with van der Waals surface area (Å²) in [6, 6.07) is 16.2. The van der Waals surface area contributed by atoms with Crippen LogP contribution in [0.2, 0.25) is 0 Å². The first-order valence-electron chi connectivity index (χ1n) is 9.12. The summed E-state index contributed by atoms with van der Waals surface area (Å²) in [5.41, 5.74) is 2.89. The van der Waals surface area contributed by atoms with Gasteiger partial charge >= 0.3 is 0 Å². The third kappa shape index (κ3) is 6.79. The van der Waals surface area contributed by atoms with E-state index in [1.165, 1.54) is 6.42 Å². The van der Waals surface area contributed by atoms with E-state index in [-0.39, 0.29) is 24.1 Å². The van der Waals surface area contributed by atoms with Crippen molar-refractivity contribution in [3.05, 3.63) is 60.2 Å². The van der Waals surface area contributed by atoms with Gasteiger partial charge in [-0.25, -0.2) is 5.43 Å². The van der Waals surface area contributed by atoms with Crippen LogP contribution in [-0.4, -0.2) is 42.4 Å². The van der Waals surface area contributed by atoms with Crippen LogP contribution >= 0.6 is 12.4 Å². The van der Waals surface area contributed by atoms with Gasteiger partial charge in [0.1, 0.15) is 11.5 Å². The fourth-order valence-electron chi connectivity index (χ4n) is 2.91. The summed E-state index contributed by atoms with van der Waals surface area (Å²) < 4.78 is 5.69. The Morgan fingerprint density at radius 1 is 0.964 bits per heavy atom.